The van der Waals surface area contributed by atoms with E-state index in [0.717, 1.165) is 61.4 Å². The maximum absolute atomic E-state index is 10.6. The second-order valence-electron chi connectivity index (χ2n) is 10.4. The third-order valence-corrected chi connectivity index (χ3v) is 6.93. The van der Waals surface area contributed by atoms with E-state index in [1.807, 2.05) is 46.5 Å². The summed E-state index contributed by atoms with van der Waals surface area (Å²) in [6.45, 7) is 11.4. The molecule has 11 nitrogen and oxygen atoms in total. The Morgan fingerprint density at radius 2 is 1.61 bits per heavy atom. The van der Waals surface area contributed by atoms with Crippen LogP contribution in [0, 0.1) is 5.41 Å². The van der Waals surface area contributed by atoms with Crippen molar-refractivity contribution in [2.24, 2.45) is 5.41 Å². The number of nitrogens with zero attached hydrogens (tertiary/aromatic N) is 1. The number of fused-ring (bicyclic) bond motifs is 1. The van der Waals surface area contributed by atoms with E-state index in [0.29, 0.717) is 18.7 Å². The molecule has 3 rings (SSSR count). The molecule has 0 aromatic heterocycles. The lowest BCUT2D eigenvalue weighted by Gasteiger charge is -2.27. The average molecular weight is 561 g/mol. The number of imide groups is 1. The van der Waals surface area contributed by atoms with Crippen molar-refractivity contribution in [2.45, 2.75) is 90.8 Å². The Morgan fingerprint density at radius 3 is 1.97 bits per heavy atom. The normalized spacial score (nSPS) is 20.1. The Kier molecular flexibility index (Phi) is 18.1. The van der Waals surface area contributed by atoms with Crippen LogP contribution in [0.25, 0.3) is 0 Å². The number of rotatable bonds is 11. The summed E-state index contributed by atoms with van der Waals surface area (Å²) in [5.74, 6) is 1.65. The number of unbranched alkanes of at least 4 members (excludes halogenated alkanes) is 2. The fourth-order valence-corrected chi connectivity index (χ4v) is 4.67. The Labute approximate surface area is 231 Å². The van der Waals surface area contributed by atoms with Crippen LogP contribution >= 0.6 is 11.8 Å². The largest absolute Gasteiger partial charge is 0.374 e. The first-order valence-corrected chi connectivity index (χ1v) is 14.2. The van der Waals surface area contributed by atoms with Gasteiger partial charge < -0.3 is 30.3 Å². The molecule has 0 spiro atoms. The minimum absolute atomic E-state index is 0.00491. The number of likely N-dealkylation sites (N-methyl/N-ethyl adjacent to an activating group) is 1. The summed E-state index contributed by atoms with van der Waals surface area (Å²) in [7, 11) is 3.21. The van der Waals surface area contributed by atoms with Crippen molar-refractivity contribution < 1.29 is 33.5 Å². The molecule has 0 radical (unpaired) electrons. The number of urea groups is 1. The van der Waals surface area contributed by atoms with Gasteiger partial charge in [0.05, 0.1) is 24.8 Å². The number of aldehydes is 2. The third kappa shape index (κ3) is 15.4. The smallest absolute Gasteiger partial charge is 0.315 e. The number of hydrogen-bond acceptors (Lipinski definition) is 9. The number of hydrogen-bond donors (Lipinski definition) is 3. The molecule has 1 unspecified atom stereocenters. The predicted molar refractivity (Wildman–Crippen MR) is 149 cm³/mol. The lowest BCUT2D eigenvalue weighted by atomic mass is 9.92. The molecule has 3 fully saturated rings. The molecule has 0 aromatic rings. The first-order valence-electron chi connectivity index (χ1n) is 13.1. The fourth-order valence-electron chi connectivity index (χ4n) is 3.39. The summed E-state index contributed by atoms with van der Waals surface area (Å²) < 4.78 is 5.69. The summed E-state index contributed by atoms with van der Waals surface area (Å²) in [5.41, 5.74) is -0.427. The minimum Gasteiger partial charge on any atom is -0.374 e. The lowest BCUT2D eigenvalue weighted by molar-refractivity contribution is -0.179. The van der Waals surface area contributed by atoms with Crippen molar-refractivity contribution in [2.75, 3.05) is 38.8 Å². The Bertz CT molecular complexity index is 719. The highest BCUT2D eigenvalue weighted by atomic mass is 32.2. The Hall–Kier alpha value is -2.02. The number of carbonyl (C=O) groups excluding carboxylic acids is 5. The first kappa shape index (κ1) is 36.0. The standard InChI is InChI=1S/C11H23NO2.C5H8N2OS.C5H7NO3.C5H10O/c1-10(2,9-13)6-7-14-11(3,4)8-12-5;8-5-6-3-1-9-2-4(3)7-5;1-9-6-4(7)2-3-5(6)8;1-2-3-4-5-6/h9,12H,6-8H2,1-5H3;3-4H,1-2H2,(H2,6,7,8);2-3H2,1H3;5H,2-4H2,1H3/t;3-,4?;;/m.0../s1. The van der Waals surface area contributed by atoms with Crippen molar-refractivity contribution in [3.05, 3.63) is 0 Å². The lowest BCUT2D eigenvalue weighted by Crippen LogP contribution is -2.37. The van der Waals surface area contributed by atoms with Crippen molar-refractivity contribution in [3.8, 4) is 0 Å². The summed E-state index contributed by atoms with van der Waals surface area (Å²) in [5, 5.41) is 9.56. The maximum atomic E-state index is 10.6. The monoisotopic (exact) mass is 560 g/mol. The number of nitrogens with one attached hydrogen (secondary N) is 3. The van der Waals surface area contributed by atoms with E-state index in [2.05, 4.69) is 27.7 Å². The number of thioether (sulfide) groups is 1. The van der Waals surface area contributed by atoms with E-state index >= 15 is 0 Å². The molecule has 3 heterocycles. The van der Waals surface area contributed by atoms with E-state index in [1.165, 1.54) is 7.11 Å². The second-order valence-corrected chi connectivity index (χ2v) is 11.5. The van der Waals surface area contributed by atoms with Crippen LogP contribution in [0.3, 0.4) is 0 Å². The number of ether oxygens (including phenoxy) is 1. The van der Waals surface area contributed by atoms with Crippen molar-refractivity contribution in [1.82, 2.24) is 21.0 Å². The van der Waals surface area contributed by atoms with Crippen LogP contribution < -0.4 is 16.0 Å². The van der Waals surface area contributed by atoms with Gasteiger partial charge in [0.2, 0.25) is 0 Å². The minimum atomic E-state index is -0.268. The van der Waals surface area contributed by atoms with Crippen LogP contribution in [-0.2, 0) is 28.8 Å². The van der Waals surface area contributed by atoms with Crippen LogP contribution in [0.1, 0.15) is 73.1 Å². The van der Waals surface area contributed by atoms with Gasteiger partial charge in [-0.25, -0.2) is 4.79 Å². The van der Waals surface area contributed by atoms with E-state index in [9.17, 15) is 24.0 Å². The summed E-state index contributed by atoms with van der Waals surface area (Å²) >= 11 is 1.89. The van der Waals surface area contributed by atoms with Crippen LogP contribution in [-0.4, -0.2) is 92.0 Å². The fraction of sp³-hybridized carbons (Fsp3) is 0.808. The van der Waals surface area contributed by atoms with Gasteiger partial charge in [-0.1, -0.05) is 27.2 Å². The molecule has 2 atom stereocenters. The third-order valence-electron chi connectivity index (χ3n) is 5.74. The topological polar surface area (TPSA) is 143 Å². The van der Waals surface area contributed by atoms with Crippen LogP contribution in [0.15, 0.2) is 0 Å². The summed E-state index contributed by atoms with van der Waals surface area (Å²) in [6.07, 6.45) is 6.19. The van der Waals surface area contributed by atoms with E-state index in [1.54, 1.807) is 0 Å². The van der Waals surface area contributed by atoms with E-state index in [-0.39, 0.29) is 41.7 Å². The van der Waals surface area contributed by atoms with Crippen LogP contribution in [0.5, 0.6) is 0 Å². The van der Waals surface area contributed by atoms with Gasteiger partial charge in [-0.05, 0) is 33.7 Å². The number of amides is 4. The van der Waals surface area contributed by atoms with Gasteiger partial charge in [0.1, 0.15) is 12.6 Å². The van der Waals surface area contributed by atoms with Gasteiger partial charge in [0, 0.05) is 49.3 Å². The molecular formula is C26H48N4O7S. The molecule has 0 aromatic carbocycles. The Balaban J connectivity index is 0.000000501. The SMILES string of the molecule is CCCCC=O.CNCC(C)(C)OCCC(C)(C)C=O.CON1C(=O)CCC1=O.O=C1NC2CSC[C@@H]2N1. The molecule has 220 valence electrons. The van der Waals surface area contributed by atoms with Crippen molar-refractivity contribution in [3.63, 3.8) is 0 Å². The zero-order chi connectivity index (χ0) is 29.2. The van der Waals surface area contributed by atoms with E-state index in [4.69, 9.17) is 4.74 Å². The molecule has 3 aliphatic heterocycles. The highest BCUT2D eigenvalue weighted by Gasteiger charge is 2.35. The van der Waals surface area contributed by atoms with Crippen LogP contribution in [0.4, 0.5) is 4.79 Å². The molecule has 0 saturated carbocycles. The van der Waals surface area contributed by atoms with E-state index < -0.39 is 0 Å². The van der Waals surface area contributed by atoms with Gasteiger partial charge in [-0.3, -0.25) is 14.4 Å². The van der Waals surface area contributed by atoms with Gasteiger partial charge >= 0.3 is 6.03 Å². The summed E-state index contributed by atoms with van der Waals surface area (Å²) in [4.78, 5) is 56.5. The molecule has 3 aliphatic rings. The molecule has 4 amide bonds. The maximum Gasteiger partial charge on any atom is 0.315 e. The van der Waals surface area contributed by atoms with Crippen LogP contribution in [0.2, 0.25) is 0 Å². The molecule has 38 heavy (non-hydrogen) atoms. The zero-order valence-corrected chi connectivity index (χ0v) is 24.9. The van der Waals surface area contributed by atoms with Crippen molar-refractivity contribution in [1.29, 1.82) is 0 Å². The van der Waals surface area contributed by atoms with Gasteiger partial charge in [-0.15, -0.1) is 0 Å². The molecule has 12 heteroatoms. The molecule has 3 N–H and O–H groups in total. The first-order chi connectivity index (χ1) is 17.9. The average Bonchev–Trinajstić information content (AvgIpc) is 3.53. The quantitative estimate of drug-likeness (QED) is 0.150. The molecule has 3 saturated heterocycles. The predicted octanol–water partition coefficient (Wildman–Crippen LogP) is 2.47. The summed E-state index contributed by atoms with van der Waals surface area (Å²) in [6, 6.07) is 0.815. The molecule has 0 bridgehead atoms. The number of hydroxylamine groups is 2. The molecular weight excluding hydrogens is 512 g/mol. The zero-order valence-electron chi connectivity index (χ0n) is 24.1. The van der Waals surface area contributed by atoms with Gasteiger partial charge in [-0.2, -0.15) is 16.8 Å². The number of carbonyl (C=O) groups is 5. The highest BCUT2D eigenvalue weighted by Crippen LogP contribution is 2.21. The Morgan fingerprint density at radius 1 is 1.05 bits per heavy atom. The van der Waals surface area contributed by atoms with Gasteiger partial charge in [0.25, 0.3) is 11.8 Å². The molecule has 0 aliphatic carbocycles. The highest BCUT2D eigenvalue weighted by molar-refractivity contribution is 7.99. The second kappa shape index (κ2) is 19.1. The van der Waals surface area contributed by atoms with Crippen molar-refractivity contribution >= 4 is 42.2 Å². The van der Waals surface area contributed by atoms with Gasteiger partial charge in [0.15, 0.2) is 0 Å².